The number of aromatic amines is 1. The van der Waals surface area contributed by atoms with Crippen LogP contribution in [-0.2, 0) is 0 Å². The molecule has 1 heterocycles. The van der Waals surface area contributed by atoms with Crippen molar-refractivity contribution in [2.75, 3.05) is 11.9 Å². The van der Waals surface area contributed by atoms with Crippen molar-refractivity contribution in [3.05, 3.63) is 21.6 Å². The Morgan fingerprint density at radius 2 is 2.40 bits per heavy atom. The fraction of sp³-hybridized carbons (Fsp3) is 0.556. The maximum atomic E-state index is 11.2. The molecule has 1 aliphatic carbocycles. The van der Waals surface area contributed by atoms with E-state index in [1.807, 2.05) is 0 Å². The Bertz CT molecular complexity index is 409. The number of halogens is 1. The molecule has 1 aliphatic rings. The molecule has 1 aromatic rings. The Labute approximate surface area is 91.5 Å². The first kappa shape index (κ1) is 10.4. The van der Waals surface area contributed by atoms with Gasteiger partial charge in [0.05, 0.1) is 24.0 Å². The molecule has 15 heavy (non-hydrogen) atoms. The standard InChI is InChI=1S/C9H12ClN3O2/c10-7-6(4-11-13-8(7)15)12-9(5-14)2-1-3-9/h4,14H,1-3,5H2,(H2,12,13,15). The number of H-pyrrole nitrogens is 1. The topological polar surface area (TPSA) is 78.0 Å². The molecule has 6 heteroatoms. The number of nitrogens with one attached hydrogen (secondary N) is 2. The predicted octanol–water partition coefficient (Wildman–Crippen LogP) is 0.750. The number of hydrogen-bond donors (Lipinski definition) is 3. The second kappa shape index (κ2) is 3.83. The highest BCUT2D eigenvalue weighted by Crippen LogP contribution is 2.35. The minimum Gasteiger partial charge on any atom is -0.394 e. The van der Waals surface area contributed by atoms with Crippen molar-refractivity contribution >= 4 is 17.3 Å². The van der Waals surface area contributed by atoms with Gasteiger partial charge in [0.2, 0.25) is 0 Å². The number of nitrogens with zero attached hydrogens (tertiary/aromatic N) is 1. The van der Waals surface area contributed by atoms with Crippen LogP contribution >= 0.6 is 11.6 Å². The van der Waals surface area contributed by atoms with E-state index in [2.05, 4.69) is 15.5 Å². The fourth-order valence-electron chi connectivity index (χ4n) is 1.68. The lowest BCUT2D eigenvalue weighted by molar-refractivity contribution is 0.144. The molecule has 2 rings (SSSR count). The SMILES string of the molecule is O=c1[nH]ncc(NC2(CO)CCC2)c1Cl. The summed E-state index contributed by atoms with van der Waals surface area (Å²) < 4.78 is 0. The second-order valence-electron chi connectivity index (χ2n) is 3.84. The zero-order valence-electron chi connectivity index (χ0n) is 8.09. The first-order valence-electron chi connectivity index (χ1n) is 4.79. The number of anilines is 1. The smallest absolute Gasteiger partial charge is 0.285 e. The van der Waals surface area contributed by atoms with Crippen LogP contribution in [0.25, 0.3) is 0 Å². The minimum absolute atomic E-state index is 0.0378. The molecule has 0 amide bonds. The minimum atomic E-state index is -0.422. The van der Waals surface area contributed by atoms with Gasteiger partial charge in [-0.1, -0.05) is 11.6 Å². The van der Waals surface area contributed by atoms with Crippen molar-refractivity contribution in [2.45, 2.75) is 24.8 Å². The van der Waals surface area contributed by atoms with Gasteiger partial charge >= 0.3 is 0 Å². The lowest BCUT2D eigenvalue weighted by atomic mass is 9.77. The molecule has 0 aromatic carbocycles. The lowest BCUT2D eigenvalue weighted by Crippen LogP contribution is -2.48. The van der Waals surface area contributed by atoms with Crippen molar-refractivity contribution in [1.29, 1.82) is 0 Å². The fourth-order valence-corrected chi connectivity index (χ4v) is 1.82. The summed E-state index contributed by atoms with van der Waals surface area (Å²) >= 11 is 5.81. The van der Waals surface area contributed by atoms with Gasteiger partial charge in [-0.05, 0) is 19.3 Å². The van der Waals surface area contributed by atoms with E-state index in [0.717, 1.165) is 19.3 Å². The third-order valence-electron chi connectivity index (χ3n) is 2.81. The molecule has 5 nitrogen and oxygen atoms in total. The summed E-state index contributed by atoms with van der Waals surface area (Å²) in [4.78, 5) is 11.2. The van der Waals surface area contributed by atoms with E-state index >= 15 is 0 Å². The maximum Gasteiger partial charge on any atom is 0.285 e. The first-order chi connectivity index (χ1) is 7.17. The van der Waals surface area contributed by atoms with Crippen LogP contribution in [0.5, 0.6) is 0 Å². The molecule has 0 saturated heterocycles. The molecular weight excluding hydrogens is 218 g/mol. The van der Waals surface area contributed by atoms with Gasteiger partial charge in [-0.2, -0.15) is 5.10 Å². The van der Waals surface area contributed by atoms with Crippen LogP contribution in [0.15, 0.2) is 11.0 Å². The van der Waals surface area contributed by atoms with Crippen LogP contribution in [-0.4, -0.2) is 27.4 Å². The van der Waals surface area contributed by atoms with E-state index in [1.54, 1.807) is 0 Å². The van der Waals surface area contributed by atoms with Gasteiger partial charge in [0, 0.05) is 0 Å². The third kappa shape index (κ3) is 1.85. The zero-order chi connectivity index (χ0) is 10.9. The second-order valence-corrected chi connectivity index (χ2v) is 4.22. The third-order valence-corrected chi connectivity index (χ3v) is 3.18. The highest BCUT2D eigenvalue weighted by Gasteiger charge is 2.36. The number of aliphatic hydroxyl groups excluding tert-OH is 1. The predicted molar refractivity (Wildman–Crippen MR) is 57.2 cm³/mol. The molecule has 0 unspecified atom stereocenters. The van der Waals surface area contributed by atoms with E-state index < -0.39 is 5.56 Å². The number of hydrogen-bond acceptors (Lipinski definition) is 4. The van der Waals surface area contributed by atoms with Crippen LogP contribution in [0.3, 0.4) is 0 Å². The van der Waals surface area contributed by atoms with Crippen LogP contribution in [0.4, 0.5) is 5.69 Å². The molecule has 1 aromatic heterocycles. The Morgan fingerprint density at radius 3 is 2.93 bits per heavy atom. The van der Waals surface area contributed by atoms with E-state index in [9.17, 15) is 9.90 Å². The van der Waals surface area contributed by atoms with Crippen molar-refractivity contribution in [1.82, 2.24) is 10.2 Å². The molecule has 0 aliphatic heterocycles. The van der Waals surface area contributed by atoms with Crippen LogP contribution < -0.4 is 10.9 Å². The largest absolute Gasteiger partial charge is 0.394 e. The zero-order valence-corrected chi connectivity index (χ0v) is 8.84. The van der Waals surface area contributed by atoms with Gasteiger partial charge in [0.25, 0.3) is 5.56 Å². The summed E-state index contributed by atoms with van der Waals surface area (Å²) in [6, 6.07) is 0. The van der Waals surface area contributed by atoms with E-state index in [4.69, 9.17) is 11.6 Å². The number of rotatable bonds is 3. The van der Waals surface area contributed by atoms with E-state index in [-0.39, 0.29) is 17.2 Å². The summed E-state index contributed by atoms with van der Waals surface area (Å²) in [5, 5.41) is 18.3. The Balaban J connectivity index is 2.24. The summed E-state index contributed by atoms with van der Waals surface area (Å²) in [5.41, 5.74) is -0.262. The average molecular weight is 230 g/mol. The summed E-state index contributed by atoms with van der Waals surface area (Å²) in [6.45, 7) is 0.0378. The van der Waals surface area contributed by atoms with Crippen molar-refractivity contribution in [3.8, 4) is 0 Å². The Morgan fingerprint density at radius 1 is 1.67 bits per heavy atom. The molecule has 1 saturated carbocycles. The molecule has 0 atom stereocenters. The van der Waals surface area contributed by atoms with E-state index in [0.29, 0.717) is 5.69 Å². The van der Waals surface area contributed by atoms with E-state index in [1.165, 1.54) is 6.20 Å². The Hall–Kier alpha value is -1.07. The van der Waals surface area contributed by atoms with Gasteiger partial charge in [-0.3, -0.25) is 4.79 Å². The number of aliphatic hydroxyl groups is 1. The van der Waals surface area contributed by atoms with Gasteiger partial charge < -0.3 is 10.4 Å². The highest BCUT2D eigenvalue weighted by molar-refractivity contribution is 6.32. The molecule has 0 radical (unpaired) electrons. The van der Waals surface area contributed by atoms with Crippen molar-refractivity contribution in [2.24, 2.45) is 0 Å². The Kier molecular flexibility index (Phi) is 2.67. The number of aromatic nitrogens is 2. The van der Waals surface area contributed by atoms with Gasteiger partial charge in [-0.25, -0.2) is 5.10 Å². The molecule has 82 valence electrons. The van der Waals surface area contributed by atoms with Gasteiger partial charge in [0.15, 0.2) is 0 Å². The van der Waals surface area contributed by atoms with Crippen LogP contribution in [0.1, 0.15) is 19.3 Å². The molecule has 3 N–H and O–H groups in total. The lowest BCUT2D eigenvalue weighted by Gasteiger charge is -2.41. The maximum absolute atomic E-state index is 11.2. The molecule has 0 bridgehead atoms. The summed E-state index contributed by atoms with van der Waals surface area (Å²) in [7, 11) is 0. The molecule has 1 fully saturated rings. The average Bonchev–Trinajstić information content (AvgIpc) is 2.18. The van der Waals surface area contributed by atoms with Gasteiger partial charge in [0.1, 0.15) is 5.02 Å². The van der Waals surface area contributed by atoms with Gasteiger partial charge in [-0.15, -0.1) is 0 Å². The summed E-state index contributed by atoms with van der Waals surface area (Å²) in [6.07, 6.45) is 4.29. The first-order valence-corrected chi connectivity index (χ1v) is 5.17. The van der Waals surface area contributed by atoms with Crippen LogP contribution in [0, 0.1) is 0 Å². The van der Waals surface area contributed by atoms with Crippen molar-refractivity contribution < 1.29 is 5.11 Å². The van der Waals surface area contributed by atoms with Crippen LogP contribution in [0.2, 0.25) is 5.02 Å². The molecule has 0 spiro atoms. The quantitative estimate of drug-likeness (QED) is 0.715. The normalized spacial score (nSPS) is 18.3. The summed E-state index contributed by atoms with van der Waals surface area (Å²) in [5.74, 6) is 0. The molecular formula is C9H12ClN3O2. The van der Waals surface area contributed by atoms with Crippen molar-refractivity contribution in [3.63, 3.8) is 0 Å². The highest BCUT2D eigenvalue weighted by atomic mass is 35.5. The monoisotopic (exact) mass is 229 g/mol.